The van der Waals surface area contributed by atoms with Crippen LogP contribution in [-0.4, -0.2) is 69.9 Å². The number of nitrogens with zero attached hydrogens (tertiary/aromatic N) is 2. The highest BCUT2D eigenvalue weighted by atomic mass is 32.2. The number of imidazole rings is 1. The minimum Gasteiger partial charge on any atom is -0.463 e. The van der Waals surface area contributed by atoms with Crippen LogP contribution in [0.3, 0.4) is 0 Å². The van der Waals surface area contributed by atoms with Crippen LogP contribution < -0.4 is 0 Å². The van der Waals surface area contributed by atoms with Gasteiger partial charge in [-0.15, -0.1) is 0 Å². The number of carbonyl (C=O) groups is 4. The van der Waals surface area contributed by atoms with Crippen LogP contribution in [0.2, 0.25) is 0 Å². The normalized spacial score (nSPS) is 23.6. The number of rotatable bonds is 9. The molecule has 2 heterocycles. The first-order valence-electron chi connectivity index (χ1n) is 11.5. The molecule has 0 saturated carbocycles. The quantitative estimate of drug-likeness (QED) is 0.355. The minimum atomic E-state index is -1.22. The number of hydrogen-bond donors (Lipinski definition) is 0. The summed E-state index contributed by atoms with van der Waals surface area (Å²) < 4.78 is 29.8. The van der Waals surface area contributed by atoms with E-state index in [4.69, 9.17) is 28.7 Å². The topological polar surface area (TPSA) is 132 Å². The third kappa shape index (κ3) is 6.76. The van der Waals surface area contributed by atoms with Gasteiger partial charge in [0, 0.05) is 34.2 Å². The molecule has 0 radical (unpaired) electrons. The van der Waals surface area contributed by atoms with E-state index in [0.717, 1.165) is 17.5 Å². The van der Waals surface area contributed by atoms with E-state index in [2.05, 4.69) is 0 Å². The number of ether oxygens (including phenoxy) is 5. The van der Waals surface area contributed by atoms with Crippen molar-refractivity contribution >= 4 is 46.7 Å². The molecule has 1 aliphatic rings. The smallest absolute Gasteiger partial charge is 0.303 e. The first kappa shape index (κ1) is 27.5. The average Bonchev–Trinajstić information content (AvgIpc) is 3.13. The van der Waals surface area contributed by atoms with Gasteiger partial charge >= 0.3 is 23.9 Å². The lowest BCUT2D eigenvalue weighted by molar-refractivity contribution is -0.237. The molecular formula is C24H30N2O9S. The highest BCUT2D eigenvalue weighted by molar-refractivity contribution is 7.99. The van der Waals surface area contributed by atoms with Gasteiger partial charge in [-0.2, -0.15) is 0 Å². The predicted molar refractivity (Wildman–Crippen MR) is 128 cm³/mol. The van der Waals surface area contributed by atoms with Crippen LogP contribution in [0.4, 0.5) is 0 Å². The van der Waals surface area contributed by atoms with Crippen LogP contribution >= 0.6 is 11.8 Å². The molecule has 0 aliphatic carbocycles. The highest BCUT2D eigenvalue weighted by Crippen LogP contribution is 2.38. The molecule has 2 aromatic rings. The molecular weight excluding hydrogens is 492 g/mol. The fraction of sp³-hybridized carbons (Fsp3) is 0.542. The van der Waals surface area contributed by atoms with Gasteiger partial charge in [0.15, 0.2) is 28.9 Å². The fourth-order valence-electron chi connectivity index (χ4n) is 3.97. The van der Waals surface area contributed by atoms with Crippen molar-refractivity contribution < 1.29 is 42.9 Å². The van der Waals surface area contributed by atoms with Crippen molar-refractivity contribution in [2.24, 2.45) is 0 Å². The first-order valence-corrected chi connectivity index (χ1v) is 12.4. The van der Waals surface area contributed by atoms with Crippen LogP contribution in [-0.2, 0) is 49.4 Å². The van der Waals surface area contributed by atoms with Crippen LogP contribution in [0.1, 0.15) is 41.0 Å². The molecule has 5 atom stereocenters. The number of aryl methyl sites for hydroxylation is 1. The molecule has 0 N–H and O–H groups in total. The molecule has 3 rings (SSSR count). The molecule has 196 valence electrons. The van der Waals surface area contributed by atoms with E-state index >= 15 is 0 Å². The zero-order chi connectivity index (χ0) is 26.4. The van der Waals surface area contributed by atoms with Crippen LogP contribution in [0, 0.1) is 0 Å². The summed E-state index contributed by atoms with van der Waals surface area (Å²) in [6, 6.07) is 7.64. The van der Waals surface area contributed by atoms with Crippen LogP contribution in [0.15, 0.2) is 29.4 Å². The Hall–Kier alpha value is -3.12. The van der Waals surface area contributed by atoms with E-state index in [-0.39, 0.29) is 6.61 Å². The SMILES string of the molecule is CCCn1c(SC2OC(COC(C)=O)C(OC(C)=O)C(OC(C)=O)C2OC(C)=O)nc2ccccc21. The zero-order valence-corrected chi connectivity index (χ0v) is 21.6. The van der Waals surface area contributed by atoms with E-state index in [1.807, 2.05) is 35.8 Å². The molecule has 5 unspecified atom stereocenters. The third-order valence-electron chi connectivity index (χ3n) is 5.24. The summed E-state index contributed by atoms with van der Waals surface area (Å²) in [6.45, 7) is 7.25. The third-order valence-corrected chi connectivity index (χ3v) is 6.37. The van der Waals surface area contributed by atoms with E-state index in [1.165, 1.54) is 39.5 Å². The van der Waals surface area contributed by atoms with Crippen LogP contribution in [0.25, 0.3) is 11.0 Å². The monoisotopic (exact) mass is 522 g/mol. The lowest BCUT2D eigenvalue weighted by atomic mass is 9.99. The van der Waals surface area contributed by atoms with E-state index in [9.17, 15) is 19.2 Å². The summed E-state index contributed by atoms with van der Waals surface area (Å²) in [5.41, 5.74) is 0.768. The molecule has 1 aromatic heterocycles. The number of esters is 4. The summed E-state index contributed by atoms with van der Waals surface area (Å²) in [5, 5.41) is 0.596. The minimum absolute atomic E-state index is 0.278. The number of fused-ring (bicyclic) bond motifs is 1. The lowest BCUT2D eigenvalue weighted by Crippen LogP contribution is -2.61. The molecule has 1 aromatic carbocycles. The maximum atomic E-state index is 12.1. The number of thioether (sulfide) groups is 1. The molecule has 11 nitrogen and oxygen atoms in total. The second-order valence-corrected chi connectivity index (χ2v) is 9.29. The summed E-state index contributed by atoms with van der Waals surface area (Å²) in [6.07, 6.45) is -3.72. The van der Waals surface area contributed by atoms with Crippen molar-refractivity contribution in [1.82, 2.24) is 9.55 Å². The van der Waals surface area contributed by atoms with Gasteiger partial charge in [-0.3, -0.25) is 19.2 Å². The largest absolute Gasteiger partial charge is 0.463 e. The summed E-state index contributed by atoms with van der Waals surface area (Å²) in [7, 11) is 0. The second kappa shape index (κ2) is 12.2. The highest BCUT2D eigenvalue weighted by Gasteiger charge is 2.52. The fourth-order valence-corrected chi connectivity index (χ4v) is 5.19. The van der Waals surface area contributed by atoms with Crippen molar-refractivity contribution in [2.45, 2.75) is 82.6 Å². The molecule has 1 fully saturated rings. The lowest BCUT2D eigenvalue weighted by Gasteiger charge is -2.44. The Bertz CT molecular complexity index is 1120. The van der Waals surface area contributed by atoms with Crippen molar-refractivity contribution in [3.8, 4) is 0 Å². The number of benzene rings is 1. The second-order valence-electron chi connectivity index (χ2n) is 8.22. The van der Waals surface area contributed by atoms with Gasteiger partial charge in [0.2, 0.25) is 0 Å². The number of carbonyl (C=O) groups excluding carboxylic acids is 4. The van der Waals surface area contributed by atoms with E-state index in [0.29, 0.717) is 11.7 Å². The van der Waals surface area contributed by atoms with Crippen LogP contribution in [0.5, 0.6) is 0 Å². The molecule has 1 aliphatic heterocycles. The van der Waals surface area contributed by atoms with Gasteiger partial charge in [0.25, 0.3) is 0 Å². The molecule has 0 spiro atoms. The van der Waals surface area contributed by atoms with Crippen molar-refractivity contribution in [3.63, 3.8) is 0 Å². The number of hydrogen-bond acceptors (Lipinski definition) is 11. The average molecular weight is 523 g/mol. The van der Waals surface area contributed by atoms with Crippen molar-refractivity contribution in [2.75, 3.05) is 6.61 Å². The van der Waals surface area contributed by atoms with Gasteiger partial charge in [-0.1, -0.05) is 30.8 Å². The summed E-state index contributed by atoms with van der Waals surface area (Å²) >= 11 is 1.18. The Kier molecular flexibility index (Phi) is 9.32. The van der Waals surface area contributed by atoms with Gasteiger partial charge in [0.05, 0.1) is 11.0 Å². The molecule has 0 bridgehead atoms. The van der Waals surface area contributed by atoms with Gasteiger partial charge in [-0.05, 0) is 18.6 Å². The van der Waals surface area contributed by atoms with Gasteiger partial charge < -0.3 is 28.3 Å². The van der Waals surface area contributed by atoms with Crippen molar-refractivity contribution in [3.05, 3.63) is 24.3 Å². The van der Waals surface area contributed by atoms with E-state index < -0.39 is 53.7 Å². The molecule has 12 heteroatoms. The summed E-state index contributed by atoms with van der Waals surface area (Å²) in [5.74, 6) is -2.57. The van der Waals surface area contributed by atoms with Crippen molar-refractivity contribution in [1.29, 1.82) is 0 Å². The van der Waals surface area contributed by atoms with Gasteiger partial charge in [0.1, 0.15) is 12.7 Å². The van der Waals surface area contributed by atoms with E-state index in [1.54, 1.807) is 0 Å². The Labute approximate surface area is 212 Å². The molecule has 0 amide bonds. The Balaban J connectivity index is 2.05. The first-order chi connectivity index (χ1) is 17.1. The number of aromatic nitrogens is 2. The Morgan fingerprint density at radius 3 is 2.14 bits per heavy atom. The Morgan fingerprint density at radius 2 is 1.53 bits per heavy atom. The summed E-state index contributed by atoms with van der Waals surface area (Å²) in [4.78, 5) is 52.2. The molecule has 1 saturated heterocycles. The molecule has 36 heavy (non-hydrogen) atoms. The number of para-hydroxylation sites is 2. The maximum absolute atomic E-state index is 12.1. The maximum Gasteiger partial charge on any atom is 0.303 e. The van der Waals surface area contributed by atoms with Gasteiger partial charge in [-0.25, -0.2) is 4.98 Å². The predicted octanol–water partition coefficient (Wildman–Crippen LogP) is 2.62. The standard InChI is InChI=1S/C24H30N2O9S/c1-6-11-26-18-10-8-7-9-17(18)25-24(26)36-23-22(34-16(5)30)21(33-15(4)29)20(32-14(3)28)19(35-23)12-31-13(2)27/h7-10,19-23H,6,11-12H2,1-5H3. The Morgan fingerprint density at radius 1 is 0.917 bits per heavy atom. The zero-order valence-electron chi connectivity index (χ0n) is 20.8.